The average Bonchev–Trinajstić information content (AvgIpc) is 2.47. The molecule has 0 saturated carbocycles. The van der Waals surface area contributed by atoms with Crippen LogP contribution < -0.4 is 5.32 Å². The minimum absolute atomic E-state index is 0.0617. The van der Waals surface area contributed by atoms with E-state index in [1.165, 1.54) is 18.2 Å². The van der Waals surface area contributed by atoms with Gasteiger partial charge in [0, 0.05) is 23.8 Å². The molecule has 6 heteroatoms. The Bertz CT molecular complexity index is 667. The van der Waals surface area contributed by atoms with Gasteiger partial charge in [-0.05, 0) is 35.9 Å². The molecule has 0 unspecified atom stereocenters. The zero-order chi connectivity index (χ0) is 16.7. The molecule has 2 aromatic rings. The summed E-state index contributed by atoms with van der Waals surface area (Å²) in [6, 6.07) is 13.0. The van der Waals surface area contributed by atoms with Crippen LogP contribution in [0.15, 0.2) is 48.5 Å². The molecule has 0 aliphatic rings. The Hall–Kier alpha value is -1.95. The Labute approximate surface area is 139 Å². The van der Waals surface area contributed by atoms with Crippen LogP contribution in [-0.4, -0.2) is 35.6 Å². The summed E-state index contributed by atoms with van der Waals surface area (Å²) >= 11 is 5.95. The summed E-state index contributed by atoms with van der Waals surface area (Å²) in [4.78, 5) is 13.9. The molecule has 0 fully saturated rings. The van der Waals surface area contributed by atoms with Gasteiger partial charge in [0.2, 0.25) is 5.91 Å². The first-order valence-corrected chi connectivity index (χ1v) is 7.57. The van der Waals surface area contributed by atoms with Gasteiger partial charge in [0.05, 0.1) is 13.2 Å². The van der Waals surface area contributed by atoms with Crippen LogP contribution in [0.5, 0.6) is 0 Å². The van der Waals surface area contributed by atoms with Crippen molar-refractivity contribution in [2.75, 3.05) is 25.0 Å². The van der Waals surface area contributed by atoms with Gasteiger partial charge in [-0.2, -0.15) is 0 Å². The number of carbonyl (C=O) groups is 1. The predicted molar refractivity (Wildman–Crippen MR) is 88.8 cm³/mol. The first kappa shape index (κ1) is 17.4. The second-order valence-electron chi connectivity index (χ2n) is 5.12. The highest BCUT2D eigenvalue weighted by Gasteiger charge is 2.12. The van der Waals surface area contributed by atoms with Crippen LogP contribution in [0.1, 0.15) is 5.56 Å². The van der Waals surface area contributed by atoms with Crippen LogP contribution in [0.3, 0.4) is 0 Å². The Morgan fingerprint density at radius 1 is 1.22 bits per heavy atom. The lowest BCUT2D eigenvalue weighted by atomic mass is 10.2. The third-order valence-corrected chi connectivity index (χ3v) is 3.42. The van der Waals surface area contributed by atoms with Gasteiger partial charge in [0.15, 0.2) is 0 Å². The smallest absolute Gasteiger partial charge is 0.238 e. The van der Waals surface area contributed by atoms with Crippen molar-refractivity contribution in [2.45, 2.75) is 6.54 Å². The number of carbonyl (C=O) groups excluding carboxylic acids is 1. The molecule has 0 heterocycles. The van der Waals surface area contributed by atoms with Crippen LogP contribution in [0.2, 0.25) is 5.02 Å². The van der Waals surface area contributed by atoms with Crippen molar-refractivity contribution >= 4 is 23.2 Å². The first-order valence-electron chi connectivity index (χ1n) is 7.20. The van der Waals surface area contributed by atoms with Gasteiger partial charge in [0.25, 0.3) is 0 Å². The molecule has 0 radical (unpaired) electrons. The molecule has 0 saturated heterocycles. The predicted octanol–water partition coefficient (Wildman–Crippen LogP) is 2.91. The standard InChI is InChI=1S/C17H18ClFN2O2/c18-14-4-1-3-13(9-14)11-21(7-8-22)12-17(23)20-16-6-2-5-15(19)10-16/h1-6,9-10,22H,7-8,11-12H2,(H,20,23). The molecule has 2 N–H and O–H groups in total. The number of anilines is 1. The number of amides is 1. The molecule has 0 bridgehead atoms. The molecular formula is C17H18ClFN2O2. The molecule has 0 atom stereocenters. The van der Waals surface area contributed by atoms with Gasteiger partial charge in [0.1, 0.15) is 5.82 Å². The highest BCUT2D eigenvalue weighted by molar-refractivity contribution is 6.30. The maximum Gasteiger partial charge on any atom is 0.238 e. The Morgan fingerprint density at radius 3 is 2.70 bits per heavy atom. The number of hydrogen-bond donors (Lipinski definition) is 2. The SMILES string of the molecule is O=C(CN(CCO)Cc1cccc(Cl)c1)Nc1cccc(F)c1. The van der Waals surface area contributed by atoms with Crippen molar-refractivity contribution in [3.05, 3.63) is 64.9 Å². The molecule has 0 aliphatic heterocycles. The summed E-state index contributed by atoms with van der Waals surface area (Å²) in [6.45, 7) is 0.859. The Balaban J connectivity index is 1.96. The summed E-state index contributed by atoms with van der Waals surface area (Å²) in [5.74, 6) is -0.681. The molecule has 23 heavy (non-hydrogen) atoms. The largest absolute Gasteiger partial charge is 0.395 e. The van der Waals surface area contributed by atoms with E-state index < -0.39 is 5.82 Å². The van der Waals surface area contributed by atoms with E-state index in [4.69, 9.17) is 16.7 Å². The minimum atomic E-state index is -0.408. The minimum Gasteiger partial charge on any atom is -0.395 e. The lowest BCUT2D eigenvalue weighted by Gasteiger charge is -2.21. The van der Waals surface area contributed by atoms with Crippen LogP contribution in [0, 0.1) is 5.82 Å². The van der Waals surface area contributed by atoms with Crippen molar-refractivity contribution in [2.24, 2.45) is 0 Å². The molecular weight excluding hydrogens is 319 g/mol. The zero-order valence-electron chi connectivity index (χ0n) is 12.5. The van der Waals surface area contributed by atoms with Gasteiger partial charge >= 0.3 is 0 Å². The topological polar surface area (TPSA) is 52.6 Å². The third kappa shape index (κ3) is 5.98. The van der Waals surface area contributed by atoms with Crippen LogP contribution in [0.25, 0.3) is 0 Å². The lowest BCUT2D eigenvalue weighted by molar-refractivity contribution is -0.117. The first-order chi connectivity index (χ1) is 11.1. The number of rotatable bonds is 7. The maximum absolute atomic E-state index is 13.1. The molecule has 122 valence electrons. The van der Waals surface area contributed by atoms with E-state index in [-0.39, 0.29) is 19.1 Å². The highest BCUT2D eigenvalue weighted by atomic mass is 35.5. The lowest BCUT2D eigenvalue weighted by Crippen LogP contribution is -2.34. The van der Waals surface area contributed by atoms with Gasteiger partial charge < -0.3 is 10.4 Å². The Kier molecular flexibility index (Phi) is 6.52. The monoisotopic (exact) mass is 336 g/mol. The van der Waals surface area contributed by atoms with Crippen molar-refractivity contribution in [1.29, 1.82) is 0 Å². The maximum atomic E-state index is 13.1. The number of aliphatic hydroxyl groups excluding tert-OH is 1. The fourth-order valence-electron chi connectivity index (χ4n) is 2.22. The fraction of sp³-hybridized carbons (Fsp3) is 0.235. The van der Waals surface area contributed by atoms with Gasteiger partial charge in [-0.15, -0.1) is 0 Å². The van der Waals surface area contributed by atoms with Crippen LogP contribution in [-0.2, 0) is 11.3 Å². The summed E-state index contributed by atoms with van der Waals surface area (Å²) in [6.07, 6.45) is 0. The third-order valence-electron chi connectivity index (χ3n) is 3.19. The van der Waals surface area contributed by atoms with E-state index >= 15 is 0 Å². The number of nitrogens with zero attached hydrogens (tertiary/aromatic N) is 1. The normalized spacial score (nSPS) is 10.8. The highest BCUT2D eigenvalue weighted by Crippen LogP contribution is 2.13. The van der Waals surface area contributed by atoms with E-state index in [0.29, 0.717) is 23.8 Å². The van der Waals surface area contributed by atoms with Gasteiger partial charge in [-0.25, -0.2) is 4.39 Å². The summed E-state index contributed by atoms with van der Waals surface area (Å²) in [7, 11) is 0. The van der Waals surface area contributed by atoms with Gasteiger partial charge in [-0.3, -0.25) is 9.69 Å². The summed E-state index contributed by atoms with van der Waals surface area (Å²) in [5, 5.41) is 12.4. The molecule has 0 aliphatic carbocycles. The van der Waals surface area contributed by atoms with E-state index in [1.807, 2.05) is 18.2 Å². The van der Waals surface area contributed by atoms with Crippen LogP contribution in [0.4, 0.5) is 10.1 Å². The van der Waals surface area contributed by atoms with Crippen molar-refractivity contribution in [1.82, 2.24) is 4.90 Å². The second-order valence-corrected chi connectivity index (χ2v) is 5.56. The van der Waals surface area contributed by atoms with E-state index in [2.05, 4.69) is 5.32 Å². The number of hydrogen-bond acceptors (Lipinski definition) is 3. The zero-order valence-corrected chi connectivity index (χ0v) is 13.3. The number of nitrogens with one attached hydrogen (secondary N) is 1. The van der Waals surface area contributed by atoms with Crippen molar-refractivity contribution in [3.63, 3.8) is 0 Å². The Morgan fingerprint density at radius 2 is 2.00 bits per heavy atom. The average molecular weight is 337 g/mol. The second kappa shape index (κ2) is 8.62. The quantitative estimate of drug-likeness (QED) is 0.817. The summed E-state index contributed by atoms with van der Waals surface area (Å²) < 4.78 is 13.1. The van der Waals surface area contributed by atoms with E-state index in [9.17, 15) is 9.18 Å². The van der Waals surface area contributed by atoms with Crippen molar-refractivity contribution < 1.29 is 14.3 Å². The van der Waals surface area contributed by atoms with Crippen LogP contribution >= 0.6 is 11.6 Å². The number of halogens is 2. The summed E-state index contributed by atoms with van der Waals surface area (Å²) in [5.41, 5.74) is 1.35. The van der Waals surface area contributed by atoms with E-state index in [0.717, 1.165) is 5.56 Å². The fourth-order valence-corrected chi connectivity index (χ4v) is 2.43. The molecule has 0 spiro atoms. The molecule has 2 aromatic carbocycles. The molecule has 2 rings (SSSR count). The molecule has 1 amide bonds. The molecule has 0 aromatic heterocycles. The van der Waals surface area contributed by atoms with Gasteiger partial charge in [-0.1, -0.05) is 29.8 Å². The molecule has 4 nitrogen and oxygen atoms in total. The number of benzene rings is 2. The number of aliphatic hydroxyl groups is 1. The van der Waals surface area contributed by atoms with E-state index in [1.54, 1.807) is 17.0 Å². The van der Waals surface area contributed by atoms with Crippen molar-refractivity contribution in [3.8, 4) is 0 Å².